The van der Waals surface area contributed by atoms with E-state index in [-0.39, 0.29) is 24.0 Å². The van der Waals surface area contributed by atoms with E-state index in [1.54, 1.807) is 12.1 Å². The van der Waals surface area contributed by atoms with Crippen molar-refractivity contribution < 1.29 is 19.1 Å². The standard InChI is InChI=1S/C18H20N2O4/c1-9(2)10-3-5-11(6-4-10)16(21)19-20-17(22)14-12-7-8-13(24-12)15(14)18(20)23/h3-6,9,12-15H,7-8H2,1-2H3,(H,19,21)/t12-,13-,14-,15-/m0/s1. The predicted molar refractivity (Wildman–Crippen MR) is 84.7 cm³/mol. The van der Waals surface area contributed by atoms with Gasteiger partial charge in [0.15, 0.2) is 0 Å². The van der Waals surface area contributed by atoms with Crippen LogP contribution < -0.4 is 5.43 Å². The van der Waals surface area contributed by atoms with Crippen LogP contribution in [-0.4, -0.2) is 34.9 Å². The highest BCUT2D eigenvalue weighted by molar-refractivity contribution is 6.08. The van der Waals surface area contributed by atoms with E-state index in [0.29, 0.717) is 11.5 Å². The second-order valence-electron chi connectivity index (χ2n) is 7.07. The fraction of sp³-hybridized carbons (Fsp3) is 0.500. The van der Waals surface area contributed by atoms with Crippen LogP contribution in [0.5, 0.6) is 0 Å². The molecular formula is C18H20N2O4. The molecular weight excluding hydrogens is 308 g/mol. The molecule has 6 heteroatoms. The van der Waals surface area contributed by atoms with E-state index in [1.165, 1.54) is 0 Å². The van der Waals surface area contributed by atoms with Crippen molar-refractivity contribution in [2.24, 2.45) is 11.8 Å². The number of ether oxygens (including phenoxy) is 1. The molecule has 1 N–H and O–H groups in total. The summed E-state index contributed by atoms with van der Waals surface area (Å²) in [5.41, 5.74) is 4.04. The molecule has 6 nitrogen and oxygen atoms in total. The number of nitrogens with zero attached hydrogens (tertiary/aromatic N) is 1. The van der Waals surface area contributed by atoms with Crippen molar-refractivity contribution in [3.8, 4) is 0 Å². The van der Waals surface area contributed by atoms with Gasteiger partial charge in [0.25, 0.3) is 17.7 Å². The summed E-state index contributed by atoms with van der Waals surface area (Å²) < 4.78 is 5.67. The summed E-state index contributed by atoms with van der Waals surface area (Å²) in [6.07, 6.45) is 1.26. The summed E-state index contributed by atoms with van der Waals surface area (Å²) in [5.74, 6) is -1.62. The van der Waals surface area contributed by atoms with Gasteiger partial charge in [0.2, 0.25) is 0 Å². The van der Waals surface area contributed by atoms with Gasteiger partial charge in [0, 0.05) is 5.56 Å². The molecule has 1 aromatic carbocycles. The number of fused-ring (bicyclic) bond motifs is 5. The van der Waals surface area contributed by atoms with Crippen LogP contribution in [0.3, 0.4) is 0 Å². The minimum absolute atomic E-state index is 0.177. The maximum absolute atomic E-state index is 12.5. The van der Waals surface area contributed by atoms with Gasteiger partial charge < -0.3 is 4.74 Å². The van der Waals surface area contributed by atoms with Gasteiger partial charge in [-0.1, -0.05) is 26.0 Å². The maximum atomic E-state index is 12.5. The van der Waals surface area contributed by atoms with Crippen molar-refractivity contribution in [1.82, 2.24) is 10.4 Å². The van der Waals surface area contributed by atoms with Crippen LogP contribution in [0.2, 0.25) is 0 Å². The van der Waals surface area contributed by atoms with E-state index in [0.717, 1.165) is 23.4 Å². The Kier molecular flexibility index (Phi) is 3.46. The van der Waals surface area contributed by atoms with Crippen molar-refractivity contribution in [1.29, 1.82) is 0 Å². The number of hydrogen-bond acceptors (Lipinski definition) is 4. The Labute approximate surface area is 140 Å². The highest BCUT2D eigenvalue weighted by Gasteiger charge is 2.62. The van der Waals surface area contributed by atoms with Crippen LogP contribution in [-0.2, 0) is 14.3 Å². The first-order valence-electron chi connectivity index (χ1n) is 8.41. The number of carbonyl (C=O) groups excluding carboxylic acids is 3. The third-order valence-electron chi connectivity index (χ3n) is 5.34. The molecule has 3 aliphatic rings. The van der Waals surface area contributed by atoms with Crippen molar-refractivity contribution in [2.45, 2.75) is 44.8 Å². The Morgan fingerprint density at radius 2 is 1.62 bits per heavy atom. The number of nitrogens with one attached hydrogen (secondary N) is 1. The lowest BCUT2D eigenvalue weighted by atomic mass is 9.81. The molecule has 2 bridgehead atoms. The molecule has 4 atom stereocenters. The average Bonchev–Trinajstić information content (AvgIpc) is 3.24. The van der Waals surface area contributed by atoms with Crippen LogP contribution in [0, 0.1) is 11.8 Å². The predicted octanol–water partition coefficient (Wildman–Crippen LogP) is 1.62. The van der Waals surface area contributed by atoms with E-state index in [9.17, 15) is 14.4 Å². The van der Waals surface area contributed by atoms with E-state index < -0.39 is 17.7 Å². The van der Waals surface area contributed by atoms with Crippen LogP contribution in [0.15, 0.2) is 24.3 Å². The zero-order valence-corrected chi connectivity index (χ0v) is 13.7. The second-order valence-corrected chi connectivity index (χ2v) is 7.07. The van der Waals surface area contributed by atoms with Crippen molar-refractivity contribution >= 4 is 17.7 Å². The Morgan fingerprint density at radius 1 is 1.08 bits per heavy atom. The van der Waals surface area contributed by atoms with Gasteiger partial charge in [-0.3, -0.25) is 19.8 Å². The van der Waals surface area contributed by atoms with E-state index in [2.05, 4.69) is 19.3 Å². The van der Waals surface area contributed by atoms with Gasteiger partial charge in [-0.25, -0.2) is 0 Å². The number of amides is 3. The fourth-order valence-corrected chi connectivity index (χ4v) is 4.01. The molecule has 3 fully saturated rings. The summed E-state index contributed by atoms with van der Waals surface area (Å²) in [4.78, 5) is 37.4. The zero-order chi connectivity index (χ0) is 17.0. The molecule has 3 aliphatic heterocycles. The van der Waals surface area contributed by atoms with E-state index >= 15 is 0 Å². The lowest BCUT2D eigenvalue weighted by Gasteiger charge is -2.18. The average molecular weight is 328 g/mol. The number of rotatable bonds is 3. The van der Waals surface area contributed by atoms with Gasteiger partial charge >= 0.3 is 0 Å². The van der Waals surface area contributed by atoms with E-state index in [4.69, 9.17) is 4.74 Å². The highest BCUT2D eigenvalue weighted by atomic mass is 16.5. The first-order valence-corrected chi connectivity index (χ1v) is 8.41. The molecule has 3 saturated heterocycles. The number of hydrazine groups is 1. The summed E-state index contributed by atoms with van der Waals surface area (Å²) in [7, 11) is 0. The summed E-state index contributed by atoms with van der Waals surface area (Å²) in [6.45, 7) is 4.15. The Morgan fingerprint density at radius 3 is 2.12 bits per heavy atom. The molecule has 0 spiro atoms. The number of imide groups is 1. The molecule has 0 unspecified atom stereocenters. The SMILES string of the molecule is CC(C)c1ccc(C(=O)NN2C(=O)[C@@H]3[C@@H](C2=O)[C@@H]2CC[C@@H]3O2)cc1. The zero-order valence-electron chi connectivity index (χ0n) is 13.7. The van der Waals surface area contributed by atoms with Gasteiger partial charge in [-0.05, 0) is 36.5 Å². The number of carbonyl (C=O) groups is 3. The number of benzene rings is 1. The topological polar surface area (TPSA) is 75.7 Å². The largest absolute Gasteiger partial charge is 0.373 e. The van der Waals surface area contributed by atoms with Crippen LogP contribution in [0.4, 0.5) is 0 Å². The molecule has 126 valence electrons. The van der Waals surface area contributed by atoms with E-state index in [1.807, 2.05) is 12.1 Å². The minimum Gasteiger partial charge on any atom is -0.373 e. The summed E-state index contributed by atoms with van der Waals surface area (Å²) in [6, 6.07) is 7.19. The third-order valence-corrected chi connectivity index (χ3v) is 5.34. The first-order chi connectivity index (χ1) is 11.5. The third kappa shape index (κ3) is 2.17. The number of hydrogen-bond donors (Lipinski definition) is 1. The second kappa shape index (κ2) is 5.41. The smallest absolute Gasteiger partial charge is 0.270 e. The van der Waals surface area contributed by atoms with Crippen molar-refractivity contribution in [3.63, 3.8) is 0 Å². The fourth-order valence-electron chi connectivity index (χ4n) is 4.01. The molecule has 0 saturated carbocycles. The van der Waals surface area contributed by atoms with Crippen LogP contribution >= 0.6 is 0 Å². The molecule has 1 aromatic rings. The molecule has 3 amide bonds. The lowest BCUT2D eigenvalue weighted by Crippen LogP contribution is -2.47. The molecule has 0 aliphatic carbocycles. The van der Waals surface area contributed by atoms with Gasteiger partial charge in [-0.2, -0.15) is 5.01 Å². The molecule has 0 radical (unpaired) electrons. The molecule has 0 aromatic heterocycles. The van der Waals surface area contributed by atoms with Gasteiger partial charge in [-0.15, -0.1) is 0 Å². The summed E-state index contributed by atoms with van der Waals surface area (Å²) in [5, 5.41) is 0.905. The Hall–Kier alpha value is -2.21. The maximum Gasteiger partial charge on any atom is 0.270 e. The normalized spacial score (nSPS) is 31.0. The van der Waals surface area contributed by atoms with Crippen molar-refractivity contribution in [2.75, 3.05) is 0 Å². The minimum atomic E-state index is -0.444. The molecule has 24 heavy (non-hydrogen) atoms. The van der Waals surface area contributed by atoms with Crippen LogP contribution in [0.1, 0.15) is 48.5 Å². The Bertz CT molecular complexity index is 684. The van der Waals surface area contributed by atoms with Gasteiger partial charge in [0.1, 0.15) is 0 Å². The van der Waals surface area contributed by atoms with Crippen molar-refractivity contribution in [3.05, 3.63) is 35.4 Å². The van der Waals surface area contributed by atoms with Crippen LogP contribution in [0.25, 0.3) is 0 Å². The molecule has 4 rings (SSSR count). The quantitative estimate of drug-likeness (QED) is 0.856. The van der Waals surface area contributed by atoms with Gasteiger partial charge in [0.05, 0.1) is 24.0 Å². The molecule has 3 heterocycles. The summed E-state index contributed by atoms with van der Waals surface area (Å²) >= 11 is 0. The first kappa shape index (κ1) is 15.3. The highest BCUT2D eigenvalue weighted by Crippen LogP contribution is 2.48. The Balaban J connectivity index is 1.50. The lowest BCUT2D eigenvalue weighted by molar-refractivity contribution is -0.145. The monoisotopic (exact) mass is 328 g/mol.